The second kappa shape index (κ2) is 5.06. The number of benzene rings is 1. The number of nitrogens with zero attached hydrogens (tertiary/aromatic N) is 2. The molecule has 98 valence electrons. The lowest BCUT2D eigenvalue weighted by molar-refractivity contribution is 0.173. The average Bonchev–Trinajstić information content (AvgIpc) is 2.84. The summed E-state index contributed by atoms with van der Waals surface area (Å²) in [6, 6.07) is 3.75. The molecule has 0 bridgehead atoms. The lowest BCUT2D eigenvalue weighted by atomic mass is 10.2. The van der Waals surface area contributed by atoms with Crippen molar-refractivity contribution in [2.24, 2.45) is 0 Å². The molecule has 0 radical (unpaired) electrons. The van der Waals surface area contributed by atoms with Crippen molar-refractivity contribution in [2.75, 3.05) is 6.79 Å². The first kappa shape index (κ1) is 13.4. The quantitative estimate of drug-likeness (QED) is 0.480. The first-order valence-electron chi connectivity index (χ1n) is 5.35. The Kier molecular flexibility index (Phi) is 3.57. The van der Waals surface area contributed by atoms with Crippen LogP contribution in [0.15, 0.2) is 16.6 Å². The van der Waals surface area contributed by atoms with E-state index >= 15 is 0 Å². The van der Waals surface area contributed by atoms with Gasteiger partial charge in [-0.3, -0.25) is 0 Å². The van der Waals surface area contributed by atoms with Gasteiger partial charge in [-0.05, 0) is 57.6 Å². The Hall–Kier alpha value is -0.600. The molecule has 7 heteroatoms. The molecule has 4 nitrogen and oxygen atoms in total. The van der Waals surface area contributed by atoms with Gasteiger partial charge in [0.1, 0.15) is 5.15 Å². The molecule has 1 aliphatic rings. The number of fused-ring (bicyclic) bond motifs is 1. The van der Waals surface area contributed by atoms with E-state index in [2.05, 4.69) is 48.5 Å². The van der Waals surface area contributed by atoms with Gasteiger partial charge in [-0.15, -0.1) is 0 Å². The second-order valence-electron chi connectivity index (χ2n) is 3.93. The summed E-state index contributed by atoms with van der Waals surface area (Å²) in [6.45, 7) is 2.13. The van der Waals surface area contributed by atoms with E-state index in [1.165, 1.54) is 0 Å². The van der Waals surface area contributed by atoms with Crippen LogP contribution in [0, 0.1) is 10.5 Å². The SMILES string of the molecule is Cc1nc(-c2cc(Br)c3c(c2)OCO3)nc(Cl)c1I. The van der Waals surface area contributed by atoms with Crippen LogP contribution in [0.4, 0.5) is 0 Å². The number of aromatic nitrogens is 2. The second-order valence-corrected chi connectivity index (χ2v) is 6.22. The summed E-state index contributed by atoms with van der Waals surface area (Å²) in [7, 11) is 0. The van der Waals surface area contributed by atoms with Gasteiger partial charge in [-0.25, -0.2) is 9.97 Å². The van der Waals surface area contributed by atoms with Gasteiger partial charge in [-0.2, -0.15) is 0 Å². The molecule has 0 fully saturated rings. The topological polar surface area (TPSA) is 44.2 Å². The fourth-order valence-electron chi connectivity index (χ4n) is 1.75. The normalized spacial score (nSPS) is 12.8. The van der Waals surface area contributed by atoms with Gasteiger partial charge in [0, 0.05) is 5.56 Å². The summed E-state index contributed by atoms with van der Waals surface area (Å²) in [6.07, 6.45) is 0. The Labute approximate surface area is 136 Å². The van der Waals surface area contributed by atoms with Crippen molar-refractivity contribution in [2.45, 2.75) is 6.92 Å². The number of hydrogen-bond donors (Lipinski definition) is 0. The number of halogens is 3. The lowest BCUT2D eigenvalue weighted by Crippen LogP contribution is -1.96. The van der Waals surface area contributed by atoms with E-state index in [0.717, 1.165) is 19.3 Å². The molecule has 0 spiro atoms. The highest BCUT2D eigenvalue weighted by molar-refractivity contribution is 14.1. The highest BCUT2D eigenvalue weighted by atomic mass is 127. The summed E-state index contributed by atoms with van der Waals surface area (Å²) in [4.78, 5) is 8.75. The van der Waals surface area contributed by atoms with Crippen molar-refractivity contribution in [3.8, 4) is 22.9 Å². The van der Waals surface area contributed by atoms with E-state index in [4.69, 9.17) is 21.1 Å². The van der Waals surface area contributed by atoms with E-state index in [1.807, 2.05) is 19.1 Å². The molecule has 1 aromatic carbocycles. The number of aryl methyl sites for hydroxylation is 1. The smallest absolute Gasteiger partial charge is 0.231 e. The standard InChI is InChI=1S/C12H7BrClIN2O2/c1-5-9(15)11(14)17-12(16-5)6-2-7(13)10-8(3-6)18-4-19-10/h2-3H,4H2,1H3. The highest BCUT2D eigenvalue weighted by Crippen LogP contribution is 2.42. The maximum atomic E-state index is 6.10. The van der Waals surface area contributed by atoms with Crippen LogP contribution in [0.5, 0.6) is 11.5 Å². The van der Waals surface area contributed by atoms with Gasteiger partial charge in [0.15, 0.2) is 17.3 Å². The van der Waals surface area contributed by atoms with Crippen molar-refractivity contribution in [3.63, 3.8) is 0 Å². The van der Waals surface area contributed by atoms with Gasteiger partial charge in [0.25, 0.3) is 0 Å². The van der Waals surface area contributed by atoms with E-state index in [1.54, 1.807) is 0 Å². The van der Waals surface area contributed by atoms with Gasteiger partial charge in [0.2, 0.25) is 6.79 Å². The Bertz CT molecular complexity index is 658. The molecule has 3 rings (SSSR count). The zero-order valence-electron chi connectivity index (χ0n) is 9.71. The summed E-state index contributed by atoms with van der Waals surface area (Å²) in [5, 5.41) is 0.455. The predicted molar refractivity (Wildman–Crippen MR) is 83.8 cm³/mol. The molecule has 2 aromatic rings. The fourth-order valence-corrected chi connectivity index (χ4v) is 2.76. The predicted octanol–water partition coefficient (Wildman–Crippen LogP) is 4.20. The van der Waals surface area contributed by atoms with Crippen LogP contribution in [-0.4, -0.2) is 16.8 Å². The van der Waals surface area contributed by atoms with Crippen molar-refractivity contribution in [1.29, 1.82) is 0 Å². The van der Waals surface area contributed by atoms with Gasteiger partial charge in [-0.1, -0.05) is 11.6 Å². The molecule has 0 N–H and O–H groups in total. The molecule has 0 amide bonds. The van der Waals surface area contributed by atoms with Crippen LogP contribution < -0.4 is 9.47 Å². The maximum Gasteiger partial charge on any atom is 0.231 e. The minimum atomic E-state index is 0.227. The number of ether oxygens (including phenoxy) is 2. The van der Waals surface area contributed by atoms with Gasteiger partial charge >= 0.3 is 0 Å². The molecular weight excluding hydrogens is 446 g/mol. The lowest BCUT2D eigenvalue weighted by Gasteiger charge is -2.07. The summed E-state index contributed by atoms with van der Waals surface area (Å²) in [5.41, 5.74) is 1.68. The number of rotatable bonds is 1. The van der Waals surface area contributed by atoms with Crippen LogP contribution in [0.25, 0.3) is 11.4 Å². The Morgan fingerprint density at radius 1 is 1.32 bits per heavy atom. The first-order valence-corrected chi connectivity index (χ1v) is 7.60. The molecule has 19 heavy (non-hydrogen) atoms. The van der Waals surface area contributed by atoms with E-state index < -0.39 is 0 Å². The molecule has 2 heterocycles. The van der Waals surface area contributed by atoms with Crippen LogP contribution in [0.2, 0.25) is 5.15 Å². The molecule has 0 saturated heterocycles. The first-order chi connectivity index (χ1) is 9.06. The maximum absolute atomic E-state index is 6.10. The van der Waals surface area contributed by atoms with E-state index in [-0.39, 0.29) is 6.79 Å². The van der Waals surface area contributed by atoms with E-state index in [9.17, 15) is 0 Å². The fraction of sp³-hybridized carbons (Fsp3) is 0.167. The molecular formula is C12H7BrClIN2O2. The summed E-state index contributed by atoms with van der Waals surface area (Å²) >= 11 is 11.7. The monoisotopic (exact) mass is 452 g/mol. The van der Waals surface area contributed by atoms with E-state index in [0.29, 0.717) is 22.5 Å². The summed E-state index contributed by atoms with van der Waals surface area (Å²) in [5.74, 6) is 1.96. The third-order valence-electron chi connectivity index (χ3n) is 2.66. The Balaban J connectivity index is 2.15. The van der Waals surface area contributed by atoms with Gasteiger partial charge in [0.05, 0.1) is 13.7 Å². The molecule has 0 saturated carbocycles. The van der Waals surface area contributed by atoms with Crippen molar-refractivity contribution >= 4 is 50.1 Å². The minimum Gasteiger partial charge on any atom is -0.454 e. The number of hydrogen-bond acceptors (Lipinski definition) is 4. The Morgan fingerprint density at radius 2 is 2.11 bits per heavy atom. The average molecular weight is 453 g/mol. The zero-order chi connectivity index (χ0) is 13.6. The molecule has 1 aromatic heterocycles. The summed E-state index contributed by atoms with van der Waals surface area (Å²) < 4.78 is 12.4. The Morgan fingerprint density at radius 3 is 2.84 bits per heavy atom. The molecule has 0 unspecified atom stereocenters. The molecule has 1 aliphatic heterocycles. The molecule has 0 aliphatic carbocycles. The zero-order valence-corrected chi connectivity index (χ0v) is 14.2. The van der Waals surface area contributed by atoms with Crippen LogP contribution in [-0.2, 0) is 0 Å². The highest BCUT2D eigenvalue weighted by Gasteiger charge is 2.20. The van der Waals surface area contributed by atoms with Crippen LogP contribution in [0.3, 0.4) is 0 Å². The molecule has 0 atom stereocenters. The van der Waals surface area contributed by atoms with Gasteiger partial charge < -0.3 is 9.47 Å². The minimum absolute atomic E-state index is 0.227. The van der Waals surface area contributed by atoms with Crippen molar-refractivity contribution < 1.29 is 9.47 Å². The largest absolute Gasteiger partial charge is 0.454 e. The third-order valence-corrected chi connectivity index (χ3v) is 5.13. The van der Waals surface area contributed by atoms with Crippen LogP contribution >= 0.6 is 50.1 Å². The van der Waals surface area contributed by atoms with Crippen LogP contribution in [0.1, 0.15) is 5.69 Å². The van der Waals surface area contributed by atoms with Crippen molar-refractivity contribution in [1.82, 2.24) is 9.97 Å². The van der Waals surface area contributed by atoms with Crippen molar-refractivity contribution in [3.05, 3.63) is 31.0 Å². The third kappa shape index (κ3) is 2.41.